The molecule has 0 unspecified atom stereocenters. The van der Waals surface area contributed by atoms with Gasteiger partial charge in [0, 0.05) is 0 Å². The topological polar surface area (TPSA) is 44.8 Å². The maximum Gasteiger partial charge on any atom is 0.220 e. The van der Waals surface area contributed by atoms with Gasteiger partial charge >= 0.3 is 0 Å². The molecule has 4 atom stereocenters. The van der Waals surface area contributed by atoms with Crippen LogP contribution < -0.4 is 0 Å². The zero-order valence-corrected chi connectivity index (χ0v) is 8.14. The van der Waals surface area contributed by atoms with Crippen molar-refractivity contribution in [2.24, 2.45) is 17.8 Å². The van der Waals surface area contributed by atoms with E-state index in [0.717, 1.165) is 6.42 Å². The molecule has 0 radical (unpaired) electrons. The van der Waals surface area contributed by atoms with Gasteiger partial charge in [0.15, 0.2) is 0 Å². The Labute approximate surface area is 79.2 Å². The Hall–Kier alpha value is -0.590. The molecule has 0 aromatic heterocycles. The highest BCUT2D eigenvalue weighted by Crippen LogP contribution is 2.36. The Kier molecular flexibility index (Phi) is 3.29. The van der Waals surface area contributed by atoms with Crippen molar-refractivity contribution in [1.29, 1.82) is 0 Å². The van der Waals surface area contributed by atoms with E-state index in [1.54, 1.807) is 0 Å². The van der Waals surface area contributed by atoms with Gasteiger partial charge in [0.1, 0.15) is 0 Å². The number of hydrogen-bond acceptors (Lipinski definition) is 2. The monoisotopic (exact) mass is 183 g/mol. The van der Waals surface area contributed by atoms with Gasteiger partial charge in [-0.1, -0.05) is 13.8 Å². The van der Waals surface area contributed by atoms with Crippen molar-refractivity contribution in [3.8, 4) is 0 Å². The predicted molar refractivity (Wildman–Crippen MR) is 49.9 cm³/mol. The minimum Gasteiger partial charge on any atom is -0.390 e. The molecule has 13 heavy (non-hydrogen) atoms. The highest BCUT2D eigenvalue weighted by atomic mass is 16.3. The van der Waals surface area contributed by atoms with Crippen LogP contribution in [0, 0.1) is 24.3 Å². The van der Waals surface area contributed by atoms with Crippen LogP contribution in [0.2, 0.25) is 0 Å². The lowest BCUT2D eigenvalue weighted by atomic mass is 9.92. The van der Waals surface area contributed by atoms with E-state index in [1.165, 1.54) is 0 Å². The summed E-state index contributed by atoms with van der Waals surface area (Å²) in [4.78, 5) is 3.28. The molecule has 0 aromatic carbocycles. The molecule has 0 spiro atoms. The summed E-state index contributed by atoms with van der Waals surface area (Å²) in [5.41, 5.74) is 0. The van der Waals surface area contributed by atoms with E-state index < -0.39 is 12.2 Å². The lowest BCUT2D eigenvalue weighted by molar-refractivity contribution is -0.00169. The Morgan fingerprint density at radius 3 is 2.38 bits per heavy atom. The minimum atomic E-state index is -0.693. The van der Waals surface area contributed by atoms with Gasteiger partial charge in [0.25, 0.3) is 0 Å². The summed E-state index contributed by atoms with van der Waals surface area (Å²) in [6.07, 6.45) is -0.546. The molecule has 0 saturated heterocycles. The average molecular weight is 183 g/mol. The number of aliphatic hydroxyl groups excluding tert-OH is 2. The molecule has 2 N–H and O–H groups in total. The normalized spacial score (nSPS) is 39.4. The number of rotatable bonds is 2. The van der Waals surface area contributed by atoms with Crippen LogP contribution in [0.1, 0.15) is 20.3 Å². The first-order valence-corrected chi connectivity index (χ1v) is 4.77. The minimum absolute atomic E-state index is 0.0279. The first kappa shape index (κ1) is 10.5. The van der Waals surface area contributed by atoms with E-state index >= 15 is 0 Å². The average Bonchev–Trinajstić information content (AvgIpc) is 2.33. The van der Waals surface area contributed by atoms with Crippen LogP contribution in [0.25, 0.3) is 4.85 Å². The zero-order chi connectivity index (χ0) is 10.0. The smallest absolute Gasteiger partial charge is 0.220 e. The number of hydrogen-bond donors (Lipinski definition) is 2. The fourth-order valence-electron chi connectivity index (χ4n) is 2.13. The molecule has 0 aromatic rings. The third-order valence-electron chi connectivity index (χ3n) is 3.03. The van der Waals surface area contributed by atoms with E-state index in [9.17, 15) is 10.2 Å². The van der Waals surface area contributed by atoms with Gasteiger partial charge in [0.2, 0.25) is 6.54 Å². The molecule has 3 nitrogen and oxygen atoms in total. The molecule has 3 heteroatoms. The van der Waals surface area contributed by atoms with E-state index in [-0.39, 0.29) is 11.8 Å². The summed E-state index contributed by atoms with van der Waals surface area (Å²) in [5.74, 6) is 0.502. The molecule has 0 aliphatic heterocycles. The Morgan fingerprint density at radius 1 is 1.38 bits per heavy atom. The zero-order valence-electron chi connectivity index (χ0n) is 8.14. The highest BCUT2D eigenvalue weighted by molar-refractivity contribution is 4.94. The van der Waals surface area contributed by atoms with Gasteiger partial charge in [-0.25, -0.2) is 6.57 Å². The highest BCUT2D eigenvalue weighted by Gasteiger charge is 2.43. The van der Waals surface area contributed by atoms with Crippen LogP contribution in [0.3, 0.4) is 0 Å². The van der Waals surface area contributed by atoms with E-state index in [1.807, 2.05) is 13.8 Å². The SMILES string of the molecule is [C-]#[N+]C[C@H]1C[C@@H](C(C)C)[C@H](O)[C@@H]1O. The molecule has 1 saturated carbocycles. The summed E-state index contributed by atoms with van der Waals surface area (Å²) in [7, 11) is 0. The quantitative estimate of drug-likeness (QED) is 0.625. The van der Waals surface area contributed by atoms with Crippen molar-refractivity contribution < 1.29 is 10.2 Å². The second-order valence-corrected chi connectivity index (χ2v) is 4.23. The third kappa shape index (κ3) is 2.01. The molecular weight excluding hydrogens is 166 g/mol. The van der Waals surface area contributed by atoms with Crippen molar-refractivity contribution in [2.45, 2.75) is 32.5 Å². The molecule has 1 rings (SSSR count). The van der Waals surface area contributed by atoms with Crippen molar-refractivity contribution in [3.05, 3.63) is 11.4 Å². The standard InChI is InChI=1S/C10H17NO2/c1-6(2)8-4-7(5-11-3)9(12)10(8)13/h6-10,12-13H,4-5H2,1-2H3/t7-,8+,9-,10+/m1/s1. The van der Waals surface area contributed by atoms with Gasteiger partial charge in [-0.3, -0.25) is 0 Å². The molecule has 1 aliphatic rings. The molecule has 74 valence electrons. The summed E-state index contributed by atoms with van der Waals surface area (Å²) in [5, 5.41) is 19.3. The van der Waals surface area contributed by atoms with Crippen LogP contribution in [0.15, 0.2) is 0 Å². The number of aliphatic hydroxyl groups is 2. The van der Waals surface area contributed by atoms with E-state index in [2.05, 4.69) is 4.85 Å². The van der Waals surface area contributed by atoms with Crippen molar-refractivity contribution in [3.63, 3.8) is 0 Å². The Bertz CT molecular complexity index is 209. The van der Waals surface area contributed by atoms with Crippen LogP contribution in [-0.2, 0) is 0 Å². The summed E-state index contributed by atoms with van der Waals surface area (Å²) < 4.78 is 0. The molecule has 0 amide bonds. The van der Waals surface area contributed by atoms with Crippen LogP contribution >= 0.6 is 0 Å². The Balaban J connectivity index is 2.62. The Morgan fingerprint density at radius 2 is 2.00 bits per heavy atom. The van der Waals surface area contributed by atoms with E-state index in [0.29, 0.717) is 12.5 Å². The van der Waals surface area contributed by atoms with Gasteiger partial charge in [-0.2, -0.15) is 0 Å². The summed E-state index contributed by atoms with van der Waals surface area (Å²) in [6, 6.07) is 0. The van der Waals surface area contributed by atoms with Crippen LogP contribution in [0.4, 0.5) is 0 Å². The first-order valence-electron chi connectivity index (χ1n) is 4.77. The second-order valence-electron chi connectivity index (χ2n) is 4.23. The van der Waals surface area contributed by atoms with Gasteiger partial charge in [-0.15, -0.1) is 0 Å². The third-order valence-corrected chi connectivity index (χ3v) is 3.03. The van der Waals surface area contributed by atoms with Crippen LogP contribution in [0.5, 0.6) is 0 Å². The fourth-order valence-corrected chi connectivity index (χ4v) is 2.13. The fraction of sp³-hybridized carbons (Fsp3) is 0.900. The second kappa shape index (κ2) is 4.08. The molecule has 1 aliphatic carbocycles. The van der Waals surface area contributed by atoms with Gasteiger partial charge in [-0.05, 0) is 18.3 Å². The first-order chi connectivity index (χ1) is 6.07. The van der Waals surface area contributed by atoms with Crippen molar-refractivity contribution in [2.75, 3.05) is 6.54 Å². The lowest BCUT2D eigenvalue weighted by Gasteiger charge is -2.19. The molecule has 1 fully saturated rings. The molecular formula is C10H17NO2. The van der Waals surface area contributed by atoms with Gasteiger partial charge < -0.3 is 15.1 Å². The van der Waals surface area contributed by atoms with Crippen LogP contribution in [-0.4, -0.2) is 29.0 Å². The number of nitrogens with zero attached hydrogens (tertiary/aromatic N) is 1. The molecule has 0 bridgehead atoms. The predicted octanol–water partition coefficient (Wildman–Crippen LogP) is 0.920. The largest absolute Gasteiger partial charge is 0.390 e. The maximum atomic E-state index is 9.67. The van der Waals surface area contributed by atoms with Crippen molar-refractivity contribution in [1.82, 2.24) is 0 Å². The molecule has 0 heterocycles. The maximum absolute atomic E-state index is 9.67. The summed E-state index contributed by atoms with van der Waals surface area (Å²) >= 11 is 0. The summed E-state index contributed by atoms with van der Waals surface area (Å²) in [6.45, 7) is 11.1. The van der Waals surface area contributed by atoms with Gasteiger partial charge in [0.05, 0.1) is 18.1 Å². The lowest BCUT2D eigenvalue weighted by Crippen LogP contribution is -2.30. The van der Waals surface area contributed by atoms with Crippen molar-refractivity contribution >= 4 is 0 Å². The van der Waals surface area contributed by atoms with E-state index in [4.69, 9.17) is 6.57 Å².